The molecule has 1 saturated heterocycles. The van der Waals surface area contributed by atoms with Crippen molar-refractivity contribution in [2.24, 2.45) is 0 Å². The second kappa shape index (κ2) is 5.48. The zero-order valence-electron chi connectivity index (χ0n) is 9.23. The Bertz CT molecular complexity index is 303. The van der Waals surface area contributed by atoms with Gasteiger partial charge in [-0.2, -0.15) is 0 Å². The number of piperidine rings is 1. The molecule has 90 valence electrons. The van der Waals surface area contributed by atoms with Gasteiger partial charge in [-0.1, -0.05) is 0 Å². The van der Waals surface area contributed by atoms with Crippen LogP contribution in [0.5, 0.6) is 0 Å². The molecule has 1 unspecified atom stereocenters. The quantitative estimate of drug-likeness (QED) is 0.684. The van der Waals surface area contributed by atoms with Crippen LogP contribution in [0.15, 0.2) is 0 Å². The van der Waals surface area contributed by atoms with Gasteiger partial charge in [0.05, 0.1) is 6.42 Å². The highest BCUT2D eigenvalue weighted by atomic mass is 16.4. The molecule has 0 spiro atoms. The van der Waals surface area contributed by atoms with Gasteiger partial charge in [0.25, 0.3) is 0 Å². The number of carbonyl (C=O) groups is 3. The number of likely N-dealkylation sites (tertiary alicyclic amines) is 1. The fraction of sp³-hybridized carbons (Fsp3) is 0.700. The normalized spacial score (nSPS) is 20.7. The van der Waals surface area contributed by atoms with Crippen LogP contribution in [-0.4, -0.2) is 47.4 Å². The minimum absolute atomic E-state index is 0.0104. The third kappa shape index (κ3) is 3.88. The minimum Gasteiger partial charge on any atom is -0.481 e. The third-order valence-corrected chi connectivity index (χ3v) is 2.56. The first-order chi connectivity index (χ1) is 7.49. The Hall–Kier alpha value is -1.59. The summed E-state index contributed by atoms with van der Waals surface area (Å²) in [6.45, 7) is 0.498. The first kappa shape index (κ1) is 12.5. The van der Waals surface area contributed by atoms with Crippen molar-refractivity contribution in [1.82, 2.24) is 10.2 Å². The molecular weight excluding hydrogens is 212 g/mol. The van der Waals surface area contributed by atoms with Gasteiger partial charge >= 0.3 is 5.97 Å². The van der Waals surface area contributed by atoms with Crippen LogP contribution < -0.4 is 5.32 Å². The smallest absolute Gasteiger partial charge is 0.303 e. The summed E-state index contributed by atoms with van der Waals surface area (Å²) < 4.78 is 0. The van der Waals surface area contributed by atoms with E-state index in [0.717, 1.165) is 0 Å². The molecule has 6 nitrogen and oxygen atoms in total. The second-order valence-electron chi connectivity index (χ2n) is 3.97. The van der Waals surface area contributed by atoms with Crippen molar-refractivity contribution in [3.63, 3.8) is 0 Å². The van der Waals surface area contributed by atoms with Gasteiger partial charge in [-0.05, 0) is 6.42 Å². The van der Waals surface area contributed by atoms with Crippen LogP contribution in [0.3, 0.4) is 0 Å². The molecule has 0 aromatic heterocycles. The average molecular weight is 228 g/mol. The van der Waals surface area contributed by atoms with Gasteiger partial charge < -0.3 is 15.3 Å². The molecule has 2 N–H and O–H groups in total. The van der Waals surface area contributed by atoms with Gasteiger partial charge in [-0.3, -0.25) is 14.4 Å². The summed E-state index contributed by atoms with van der Waals surface area (Å²) in [5, 5.41) is 11.1. The predicted molar refractivity (Wildman–Crippen MR) is 55.7 cm³/mol. The van der Waals surface area contributed by atoms with E-state index in [2.05, 4.69) is 5.32 Å². The molecule has 1 fully saturated rings. The first-order valence-corrected chi connectivity index (χ1v) is 5.24. The van der Waals surface area contributed by atoms with Crippen molar-refractivity contribution < 1.29 is 19.5 Å². The summed E-state index contributed by atoms with van der Waals surface area (Å²) in [6, 6.07) is -0.0519. The number of hydrogen-bond acceptors (Lipinski definition) is 3. The van der Waals surface area contributed by atoms with Gasteiger partial charge in [0.15, 0.2) is 0 Å². The van der Waals surface area contributed by atoms with E-state index in [1.54, 1.807) is 11.9 Å². The summed E-state index contributed by atoms with van der Waals surface area (Å²) in [5.41, 5.74) is 0. The molecule has 0 bridgehead atoms. The predicted octanol–water partition coefficient (Wildman–Crippen LogP) is -0.412. The molecule has 0 aliphatic carbocycles. The summed E-state index contributed by atoms with van der Waals surface area (Å²) in [5.74, 6) is -1.17. The lowest BCUT2D eigenvalue weighted by Crippen LogP contribution is -2.48. The number of nitrogens with one attached hydrogen (secondary N) is 1. The van der Waals surface area contributed by atoms with E-state index in [-0.39, 0.29) is 30.7 Å². The number of hydrogen-bond donors (Lipinski definition) is 2. The van der Waals surface area contributed by atoms with Crippen LogP contribution in [0.4, 0.5) is 0 Å². The van der Waals surface area contributed by atoms with Gasteiger partial charge in [-0.25, -0.2) is 0 Å². The Labute approximate surface area is 93.6 Å². The zero-order chi connectivity index (χ0) is 12.1. The summed E-state index contributed by atoms with van der Waals surface area (Å²) >= 11 is 0. The lowest BCUT2D eigenvalue weighted by atomic mass is 10.1. The maximum absolute atomic E-state index is 11.3. The number of carboxylic acid groups (broad SMARTS) is 1. The van der Waals surface area contributed by atoms with Crippen molar-refractivity contribution in [2.75, 3.05) is 13.6 Å². The van der Waals surface area contributed by atoms with E-state index in [1.165, 1.54) is 0 Å². The summed E-state index contributed by atoms with van der Waals surface area (Å²) in [4.78, 5) is 34.3. The van der Waals surface area contributed by atoms with E-state index < -0.39 is 5.97 Å². The molecule has 6 heteroatoms. The number of amides is 2. The van der Waals surface area contributed by atoms with Crippen LogP contribution in [-0.2, 0) is 14.4 Å². The Morgan fingerprint density at radius 1 is 1.50 bits per heavy atom. The molecule has 16 heavy (non-hydrogen) atoms. The maximum atomic E-state index is 11.3. The number of rotatable bonds is 4. The van der Waals surface area contributed by atoms with Crippen molar-refractivity contribution >= 4 is 17.8 Å². The largest absolute Gasteiger partial charge is 0.481 e. The highest BCUT2D eigenvalue weighted by Crippen LogP contribution is 2.09. The maximum Gasteiger partial charge on any atom is 0.303 e. The van der Waals surface area contributed by atoms with Crippen molar-refractivity contribution in [3.05, 3.63) is 0 Å². The zero-order valence-corrected chi connectivity index (χ0v) is 9.23. The number of nitrogens with zero attached hydrogens (tertiary/aromatic N) is 1. The van der Waals surface area contributed by atoms with Crippen LogP contribution >= 0.6 is 0 Å². The molecule has 1 atom stereocenters. The molecule has 0 radical (unpaired) electrons. The molecule has 1 aliphatic rings. The molecule has 0 saturated carbocycles. The van der Waals surface area contributed by atoms with E-state index in [1.807, 2.05) is 0 Å². The van der Waals surface area contributed by atoms with Crippen LogP contribution in [0.1, 0.15) is 25.7 Å². The number of carboxylic acids is 1. The van der Waals surface area contributed by atoms with Crippen molar-refractivity contribution in [1.29, 1.82) is 0 Å². The van der Waals surface area contributed by atoms with Gasteiger partial charge in [0, 0.05) is 32.5 Å². The second-order valence-corrected chi connectivity index (χ2v) is 3.97. The highest BCUT2D eigenvalue weighted by Gasteiger charge is 2.23. The Morgan fingerprint density at radius 3 is 2.75 bits per heavy atom. The molecule has 1 aliphatic heterocycles. The lowest BCUT2D eigenvalue weighted by molar-refractivity contribution is -0.139. The summed E-state index contributed by atoms with van der Waals surface area (Å²) in [6.07, 6.45) is 0.888. The molecular formula is C10H16N2O4. The molecule has 2 amide bonds. The lowest BCUT2D eigenvalue weighted by Gasteiger charge is -2.30. The van der Waals surface area contributed by atoms with Gasteiger partial charge in [0.2, 0.25) is 11.8 Å². The fourth-order valence-corrected chi connectivity index (χ4v) is 1.65. The van der Waals surface area contributed by atoms with Crippen molar-refractivity contribution in [3.8, 4) is 0 Å². The third-order valence-electron chi connectivity index (χ3n) is 2.56. The number of aliphatic carboxylic acids is 1. The Morgan fingerprint density at radius 2 is 2.19 bits per heavy atom. The highest BCUT2D eigenvalue weighted by molar-refractivity contribution is 5.81. The topological polar surface area (TPSA) is 86.7 Å². The molecule has 1 rings (SSSR count). The van der Waals surface area contributed by atoms with Crippen molar-refractivity contribution in [2.45, 2.75) is 31.7 Å². The monoisotopic (exact) mass is 228 g/mol. The van der Waals surface area contributed by atoms with Gasteiger partial charge in [0.1, 0.15) is 0 Å². The Balaban J connectivity index is 2.29. The first-order valence-electron chi connectivity index (χ1n) is 5.24. The number of carbonyl (C=O) groups excluding carboxylic acids is 2. The van der Waals surface area contributed by atoms with Crippen LogP contribution in [0.2, 0.25) is 0 Å². The van der Waals surface area contributed by atoms with Crippen LogP contribution in [0, 0.1) is 0 Å². The standard InChI is InChI=1S/C10H16N2O4/c1-12-6-7(2-4-9(12)14)11-8(13)3-5-10(15)16/h7H,2-6H2,1H3,(H,11,13)(H,15,16). The van der Waals surface area contributed by atoms with E-state index in [0.29, 0.717) is 19.4 Å². The average Bonchev–Trinajstić information content (AvgIpc) is 2.21. The summed E-state index contributed by atoms with van der Waals surface area (Å²) in [7, 11) is 1.69. The van der Waals surface area contributed by atoms with Gasteiger partial charge in [-0.15, -0.1) is 0 Å². The van der Waals surface area contributed by atoms with E-state index in [9.17, 15) is 14.4 Å². The Kier molecular flexibility index (Phi) is 4.28. The van der Waals surface area contributed by atoms with E-state index >= 15 is 0 Å². The minimum atomic E-state index is -0.980. The molecule has 1 heterocycles. The number of likely N-dealkylation sites (N-methyl/N-ethyl adjacent to an activating group) is 1. The molecule has 0 aromatic carbocycles. The van der Waals surface area contributed by atoms with E-state index in [4.69, 9.17) is 5.11 Å². The SMILES string of the molecule is CN1CC(NC(=O)CCC(=O)O)CCC1=O. The fourth-order valence-electron chi connectivity index (χ4n) is 1.65. The van der Waals surface area contributed by atoms with Crippen LogP contribution in [0.25, 0.3) is 0 Å². The molecule has 0 aromatic rings.